The van der Waals surface area contributed by atoms with Gasteiger partial charge in [0.05, 0.1) is 12.1 Å². The van der Waals surface area contributed by atoms with Crippen molar-refractivity contribution >= 4 is 38.7 Å². The van der Waals surface area contributed by atoms with Crippen LogP contribution in [-0.4, -0.2) is 56.5 Å². The average molecular weight is 526 g/mol. The second-order valence-corrected chi connectivity index (χ2v) is 11.5. The summed E-state index contributed by atoms with van der Waals surface area (Å²) in [7, 11) is 3.26. The van der Waals surface area contributed by atoms with Crippen molar-refractivity contribution in [1.29, 1.82) is 0 Å². The number of carbonyl (C=O) groups excluding carboxylic acids is 2. The summed E-state index contributed by atoms with van der Waals surface area (Å²) in [5, 5.41) is 0.639. The Labute approximate surface area is 221 Å². The van der Waals surface area contributed by atoms with Crippen LogP contribution in [0.25, 0.3) is 10.3 Å². The fourth-order valence-corrected chi connectivity index (χ4v) is 5.54. The summed E-state index contributed by atoms with van der Waals surface area (Å²) in [4.78, 5) is 52.3. The summed E-state index contributed by atoms with van der Waals surface area (Å²) in [6.07, 6.45) is 2.35. The molecule has 1 saturated heterocycles. The number of thiazole rings is 1. The number of ether oxygens (including phenoxy) is 1. The normalized spacial score (nSPS) is 16.7. The first-order valence-electron chi connectivity index (χ1n) is 12.6. The van der Waals surface area contributed by atoms with Crippen LogP contribution in [0.2, 0.25) is 0 Å². The maximum absolute atomic E-state index is 13.2. The first-order chi connectivity index (χ1) is 17.5. The van der Waals surface area contributed by atoms with E-state index in [-0.39, 0.29) is 22.9 Å². The topological polar surface area (TPSA) is 97.6 Å². The molecule has 0 N–H and O–H groups in total. The Morgan fingerprint density at radius 3 is 2.59 bits per heavy atom. The summed E-state index contributed by atoms with van der Waals surface area (Å²) >= 11 is 1.32. The summed E-state index contributed by atoms with van der Waals surface area (Å²) < 4.78 is 6.91. The number of benzene rings is 1. The van der Waals surface area contributed by atoms with Crippen LogP contribution in [-0.2, 0) is 23.0 Å². The van der Waals surface area contributed by atoms with Gasteiger partial charge in [0.15, 0.2) is 21.3 Å². The van der Waals surface area contributed by atoms with Gasteiger partial charge in [-0.25, -0.2) is 14.8 Å². The molecule has 0 saturated carbocycles. The van der Waals surface area contributed by atoms with Crippen LogP contribution in [0, 0.1) is 0 Å². The van der Waals surface area contributed by atoms with Crippen LogP contribution in [0.3, 0.4) is 0 Å². The number of rotatable bonds is 7. The molecule has 0 bridgehead atoms. The van der Waals surface area contributed by atoms with E-state index in [0.29, 0.717) is 35.2 Å². The Hall–Kier alpha value is -3.27. The fraction of sp³-hybridized carbons (Fsp3) is 0.519. The van der Waals surface area contributed by atoms with Gasteiger partial charge >= 0.3 is 6.09 Å². The van der Waals surface area contributed by atoms with Crippen molar-refractivity contribution in [2.24, 2.45) is 7.05 Å². The van der Waals surface area contributed by atoms with Gasteiger partial charge < -0.3 is 14.5 Å². The van der Waals surface area contributed by atoms with Crippen molar-refractivity contribution in [3.63, 3.8) is 0 Å². The van der Waals surface area contributed by atoms with Crippen molar-refractivity contribution in [3.8, 4) is 0 Å². The number of Topliss-reactive ketones (excluding diaryl/α,β-unsaturated/α-hetero) is 1. The largest absolute Gasteiger partial charge is 0.444 e. The monoisotopic (exact) mass is 525 g/mol. The quantitative estimate of drug-likeness (QED) is 0.448. The van der Waals surface area contributed by atoms with E-state index in [0.717, 1.165) is 18.4 Å². The van der Waals surface area contributed by atoms with Gasteiger partial charge in [-0.2, -0.15) is 0 Å². The lowest BCUT2D eigenvalue weighted by Crippen LogP contribution is -2.38. The van der Waals surface area contributed by atoms with Crippen molar-refractivity contribution in [3.05, 3.63) is 52.1 Å². The van der Waals surface area contributed by atoms with E-state index in [9.17, 15) is 14.4 Å². The highest BCUT2D eigenvalue weighted by molar-refractivity contribution is 7.21. The Morgan fingerprint density at radius 1 is 1.22 bits per heavy atom. The van der Waals surface area contributed by atoms with Crippen LogP contribution in [0.4, 0.5) is 9.93 Å². The molecule has 0 aliphatic carbocycles. The highest BCUT2D eigenvalue weighted by atomic mass is 32.1. The molecule has 2 atom stereocenters. The predicted octanol–water partition coefficient (Wildman–Crippen LogP) is 4.49. The molecule has 1 fully saturated rings. The molecule has 3 heterocycles. The van der Waals surface area contributed by atoms with E-state index in [2.05, 4.69) is 4.98 Å². The van der Waals surface area contributed by atoms with Gasteiger partial charge in [0.2, 0.25) is 0 Å². The second-order valence-electron chi connectivity index (χ2n) is 10.6. The minimum atomic E-state index is -0.633. The molecule has 10 heteroatoms. The molecule has 3 aromatic rings. The molecule has 1 aromatic carbocycles. The van der Waals surface area contributed by atoms with Crippen LogP contribution in [0.5, 0.6) is 0 Å². The number of aryl methyl sites for hydroxylation is 1. The SMILES string of the molecule is C[C@@H](c1nc2sc(N3CCC[C@@H]3C(=O)CCc3ccccc3)nc2c(=O)n1C)N(C)C(=O)OC(C)(C)C. The van der Waals surface area contributed by atoms with E-state index >= 15 is 0 Å². The molecule has 0 spiro atoms. The molecule has 0 radical (unpaired) electrons. The van der Waals surface area contributed by atoms with Crippen molar-refractivity contribution in [2.75, 3.05) is 18.5 Å². The lowest BCUT2D eigenvalue weighted by molar-refractivity contribution is -0.120. The third-order valence-corrected chi connectivity index (χ3v) is 7.66. The minimum Gasteiger partial charge on any atom is -0.444 e. The zero-order valence-electron chi connectivity index (χ0n) is 22.4. The third kappa shape index (κ3) is 5.84. The van der Waals surface area contributed by atoms with E-state index in [1.807, 2.05) is 35.2 Å². The maximum Gasteiger partial charge on any atom is 0.410 e. The van der Waals surface area contributed by atoms with Crippen molar-refractivity contribution in [2.45, 2.75) is 71.1 Å². The van der Waals surface area contributed by atoms with Crippen LogP contribution in [0.15, 0.2) is 35.1 Å². The second kappa shape index (κ2) is 10.6. The lowest BCUT2D eigenvalue weighted by atomic mass is 10.0. The first-order valence-corrected chi connectivity index (χ1v) is 13.4. The summed E-state index contributed by atoms with van der Waals surface area (Å²) in [5.74, 6) is 0.632. The van der Waals surface area contributed by atoms with Gasteiger partial charge in [0.1, 0.15) is 11.4 Å². The third-order valence-electron chi connectivity index (χ3n) is 6.67. The minimum absolute atomic E-state index is 0.190. The van der Waals surface area contributed by atoms with Gasteiger partial charge in [-0.15, -0.1) is 0 Å². The molecule has 2 aromatic heterocycles. The molecule has 9 nitrogen and oxygen atoms in total. The average Bonchev–Trinajstić information content (AvgIpc) is 3.51. The molecule has 0 unspecified atom stereocenters. The summed E-state index contributed by atoms with van der Waals surface area (Å²) in [6, 6.07) is 9.26. The van der Waals surface area contributed by atoms with Crippen LogP contribution >= 0.6 is 11.3 Å². The molecular formula is C27H35N5O4S. The number of aromatic nitrogens is 3. The number of fused-ring (bicyclic) bond motifs is 1. The zero-order chi connectivity index (χ0) is 26.9. The molecule has 4 rings (SSSR count). The Bertz CT molecular complexity index is 1340. The number of hydrogen-bond donors (Lipinski definition) is 0. The molecule has 1 amide bonds. The van der Waals surface area contributed by atoms with Gasteiger partial charge in [-0.1, -0.05) is 41.7 Å². The van der Waals surface area contributed by atoms with E-state index in [1.54, 1.807) is 41.8 Å². The number of amides is 1. The molecule has 1 aliphatic rings. The van der Waals surface area contributed by atoms with E-state index in [4.69, 9.17) is 9.72 Å². The van der Waals surface area contributed by atoms with Crippen LogP contribution in [0.1, 0.15) is 64.4 Å². The standard InChI is InChI=1S/C27H35N5O4S/c1-17(30(5)26(35)36-27(2,3)4)22-29-23-21(24(34)31(22)6)28-25(37-23)32-16-10-13-19(32)20(33)15-14-18-11-8-7-9-12-18/h7-9,11-12,17,19H,10,13-16H2,1-6H3/t17-,19+/m0/s1. The van der Waals surface area contributed by atoms with Gasteiger partial charge in [0, 0.05) is 27.1 Å². The number of anilines is 1. The van der Waals surface area contributed by atoms with Gasteiger partial charge in [-0.05, 0) is 52.5 Å². The fourth-order valence-electron chi connectivity index (χ4n) is 4.53. The van der Waals surface area contributed by atoms with Crippen LogP contribution < -0.4 is 10.5 Å². The first kappa shape index (κ1) is 26.8. The smallest absolute Gasteiger partial charge is 0.410 e. The number of hydrogen-bond acceptors (Lipinski definition) is 8. The Balaban J connectivity index is 1.57. The van der Waals surface area contributed by atoms with Crippen molar-refractivity contribution < 1.29 is 14.3 Å². The van der Waals surface area contributed by atoms with Crippen molar-refractivity contribution in [1.82, 2.24) is 19.4 Å². The van der Waals surface area contributed by atoms with E-state index < -0.39 is 17.7 Å². The molecule has 198 valence electrons. The highest BCUT2D eigenvalue weighted by Gasteiger charge is 2.33. The molecule has 1 aliphatic heterocycles. The summed E-state index contributed by atoms with van der Waals surface area (Å²) in [6.45, 7) is 7.94. The molecular weight excluding hydrogens is 490 g/mol. The lowest BCUT2D eigenvalue weighted by Gasteiger charge is -2.28. The maximum atomic E-state index is 13.2. The van der Waals surface area contributed by atoms with E-state index in [1.165, 1.54) is 20.8 Å². The number of ketones is 1. The van der Waals surface area contributed by atoms with Gasteiger partial charge in [-0.3, -0.25) is 14.2 Å². The molecule has 37 heavy (non-hydrogen) atoms. The predicted molar refractivity (Wildman–Crippen MR) is 145 cm³/mol. The highest BCUT2D eigenvalue weighted by Crippen LogP contribution is 2.33. The Morgan fingerprint density at radius 2 is 1.92 bits per heavy atom. The number of carbonyl (C=O) groups is 2. The number of nitrogens with zero attached hydrogens (tertiary/aromatic N) is 5. The Kier molecular flexibility index (Phi) is 7.68. The summed E-state index contributed by atoms with van der Waals surface area (Å²) in [5.41, 5.74) is 0.510. The zero-order valence-corrected chi connectivity index (χ0v) is 23.2. The van der Waals surface area contributed by atoms with Gasteiger partial charge in [0.25, 0.3) is 5.56 Å².